The molecule has 0 spiro atoms. The summed E-state index contributed by atoms with van der Waals surface area (Å²) in [4.78, 5) is 14.3. The molecule has 9 heteroatoms. The maximum absolute atomic E-state index is 13.5. The zero-order valence-corrected chi connectivity index (χ0v) is 13.5. The Balaban J connectivity index is 1.97. The molecule has 0 radical (unpaired) electrons. The first kappa shape index (κ1) is 16.5. The fraction of sp³-hybridized carbons (Fsp3) is 0.235. The fourth-order valence-corrected chi connectivity index (χ4v) is 3.06. The average Bonchev–Trinajstić information content (AvgIpc) is 2.57. The van der Waals surface area contributed by atoms with Crippen molar-refractivity contribution < 1.29 is 13.2 Å². The molecule has 0 amide bonds. The average molecular weight is 360 g/mol. The van der Waals surface area contributed by atoms with E-state index in [-0.39, 0.29) is 17.6 Å². The molecular weight excluding hydrogens is 345 g/mol. The van der Waals surface area contributed by atoms with Gasteiger partial charge in [-0.3, -0.25) is 0 Å². The number of aromatic nitrogens is 3. The highest BCUT2D eigenvalue weighted by Gasteiger charge is 2.35. The van der Waals surface area contributed by atoms with Gasteiger partial charge in [0.2, 0.25) is 5.95 Å². The van der Waals surface area contributed by atoms with Crippen molar-refractivity contribution in [2.45, 2.75) is 12.2 Å². The van der Waals surface area contributed by atoms with E-state index in [2.05, 4.69) is 15.0 Å². The molecule has 0 unspecified atom stereocenters. The smallest absolute Gasteiger partial charge is 0.368 e. The molecular formula is C17H15F3N6. The Morgan fingerprint density at radius 3 is 2.50 bits per heavy atom. The van der Waals surface area contributed by atoms with Gasteiger partial charge in [-0.2, -0.15) is 18.2 Å². The van der Waals surface area contributed by atoms with E-state index in [1.807, 2.05) is 4.90 Å². The van der Waals surface area contributed by atoms with E-state index < -0.39 is 11.7 Å². The van der Waals surface area contributed by atoms with Gasteiger partial charge in [-0.1, -0.05) is 18.2 Å². The molecule has 26 heavy (non-hydrogen) atoms. The molecule has 1 aromatic carbocycles. The first-order chi connectivity index (χ1) is 12.3. The molecule has 4 rings (SSSR count). The molecule has 1 aliphatic rings. The van der Waals surface area contributed by atoms with Crippen LogP contribution in [-0.2, 0) is 6.18 Å². The van der Waals surface area contributed by atoms with Crippen LogP contribution < -0.4 is 16.4 Å². The molecule has 1 saturated heterocycles. The Kier molecular flexibility index (Phi) is 3.69. The van der Waals surface area contributed by atoms with Crippen molar-refractivity contribution in [1.29, 1.82) is 0 Å². The molecule has 0 aliphatic carbocycles. The van der Waals surface area contributed by atoms with E-state index in [4.69, 9.17) is 11.5 Å². The number of hydrogen-bond donors (Lipinski definition) is 2. The van der Waals surface area contributed by atoms with E-state index in [0.29, 0.717) is 35.5 Å². The minimum absolute atomic E-state index is 0.0336. The number of fused-ring (bicyclic) bond motifs is 1. The van der Waals surface area contributed by atoms with Crippen LogP contribution in [0.25, 0.3) is 22.2 Å². The van der Waals surface area contributed by atoms with Crippen LogP contribution in [0, 0.1) is 0 Å². The Bertz CT molecular complexity index is 982. The molecule has 6 nitrogen and oxygen atoms in total. The monoisotopic (exact) mass is 360 g/mol. The number of benzene rings is 1. The zero-order valence-electron chi connectivity index (χ0n) is 13.5. The van der Waals surface area contributed by atoms with Gasteiger partial charge in [0.25, 0.3) is 0 Å². The van der Waals surface area contributed by atoms with Crippen LogP contribution in [0.4, 0.5) is 24.9 Å². The lowest BCUT2D eigenvalue weighted by molar-refractivity contribution is -0.137. The maximum Gasteiger partial charge on any atom is 0.417 e. The molecule has 1 fully saturated rings. The number of pyridine rings is 1. The third-order valence-corrected chi connectivity index (χ3v) is 4.30. The Morgan fingerprint density at radius 1 is 1.08 bits per heavy atom. The molecule has 0 bridgehead atoms. The molecule has 0 saturated carbocycles. The minimum atomic E-state index is -4.48. The van der Waals surface area contributed by atoms with Gasteiger partial charge in [0.1, 0.15) is 5.82 Å². The predicted molar refractivity (Wildman–Crippen MR) is 92.4 cm³/mol. The standard InChI is InChI=1S/C17H15F3N6/c18-17(19,20)13-4-2-1-3-11(13)12-5-9-6-23-16(22)25-14(9)24-15(12)26-7-10(21)8-26/h1-6,10H,7-8,21H2,(H2,22,23,24,25). The SMILES string of the molecule is Nc1ncc2cc(-c3ccccc3C(F)(F)F)c(N3CC(N)C3)nc2n1. The third kappa shape index (κ3) is 2.80. The van der Waals surface area contributed by atoms with Crippen molar-refractivity contribution in [3.63, 3.8) is 0 Å². The summed E-state index contributed by atoms with van der Waals surface area (Å²) in [6.45, 7) is 1.03. The van der Waals surface area contributed by atoms with Crippen LogP contribution in [0.15, 0.2) is 36.5 Å². The summed E-state index contributed by atoms with van der Waals surface area (Å²) in [6.07, 6.45) is -3.03. The van der Waals surface area contributed by atoms with E-state index in [1.54, 1.807) is 12.1 Å². The second-order valence-electron chi connectivity index (χ2n) is 6.21. The summed E-state index contributed by atoms with van der Waals surface area (Å²) in [7, 11) is 0. The van der Waals surface area contributed by atoms with Gasteiger partial charge < -0.3 is 16.4 Å². The largest absolute Gasteiger partial charge is 0.417 e. The molecule has 3 aromatic rings. The molecule has 4 N–H and O–H groups in total. The Hall–Kier alpha value is -2.94. The first-order valence-corrected chi connectivity index (χ1v) is 7.93. The van der Waals surface area contributed by atoms with Gasteiger partial charge in [0.15, 0.2) is 5.65 Å². The topological polar surface area (TPSA) is 94.0 Å². The zero-order chi connectivity index (χ0) is 18.5. The summed E-state index contributed by atoms with van der Waals surface area (Å²) in [6, 6.07) is 7.01. The number of halogens is 3. The fourth-order valence-electron chi connectivity index (χ4n) is 3.06. The van der Waals surface area contributed by atoms with Crippen LogP contribution >= 0.6 is 0 Å². The van der Waals surface area contributed by atoms with Crippen LogP contribution in [0.5, 0.6) is 0 Å². The summed E-state index contributed by atoms with van der Waals surface area (Å²) in [5.41, 5.74) is 11.5. The molecule has 3 heterocycles. The number of anilines is 2. The first-order valence-electron chi connectivity index (χ1n) is 7.93. The Morgan fingerprint density at radius 2 is 1.81 bits per heavy atom. The summed E-state index contributed by atoms with van der Waals surface area (Å²) in [5.74, 6) is 0.466. The highest BCUT2D eigenvalue weighted by molar-refractivity contribution is 5.89. The number of alkyl halides is 3. The van der Waals surface area contributed by atoms with E-state index in [9.17, 15) is 13.2 Å². The molecule has 2 aromatic heterocycles. The summed E-state index contributed by atoms with van der Waals surface area (Å²) < 4.78 is 40.5. The quantitative estimate of drug-likeness (QED) is 0.729. The van der Waals surface area contributed by atoms with Gasteiger partial charge >= 0.3 is 6.18 Å². The van der Waals surface area contributed by atoms with Crippen molar-refractivity contribution in [2.24, 2.45) is 5.73 Å². The highest BCUT2D eigenvalue weighted by Crippen LogP contribution is 2.41. The number of rotatable bonds is 2. The van der Waals surface area contributed by atoms with Crippen molar-refractivity contribution in [1.82, 2.24) is 15.0 Å². The van der Waals surface area contributed by atoms with Crippen LogP contribution in [-0.4, -0.2) is 34.1 Å². The maximum atomic E-state index is 13.5. The number of nitrogens with two attached hydrogens (primary N) is 2. The van der Waals surface area contributed by atoms with Gasteiger partial charge in [-0.25, -0.2) is 9.97 Å². The summed E-state index contributed by atoms with van der Waals surface area (Å²) in [5, 5.41) is 0.514. The van der Waals surface area contributed by atoms with Crippen molar-refractivity contribution in [2.75, 3.05) is 23.7 Å². The Labute approximate surface area is 146 Å². The molecule has 0 atom stereocenters. The van der Waals surface area contributed by atoms with Crippen molar-refractivity contribution >= 4 is 22.8 Å². The van der Waals surface area contributed by atoms with Gasteiger partial charge in [-0.05, 0) is 17.7 Å². The highest BCUT2D eigenvalue weighted by atomic mass is 19.4. The van der Waals surface area contributed by atoms with E-state index in [1.165, 1.54) is 18.3 Å². The minimum Gasteiger partial charge on any atom is -0.368 e. The van der Waals surface area contributed by atoms with Crippen LogP contribution in [0.1, 0.15) is 5.56 Å². The summed E-state index contributed by atoms with van der Waals surface area (Å²) >= 11 is 0. The second-order valence-corrected chi connectivity index (χ2v) is 6.21. The number of hydrogen-bond acceptors (Lipinski definition) is 6. The lowest BCUT2D eigenvalue weighted by Crippen LogP contribution is -2.56. The van der Waals surface area contributed by atoms with Gasteiger partial charge in [0, 0.05) is 36.3 Å². The molecule has 134 valence electrons. The lowest BCUT2D eigenvalue weighted by atomic mass is 9.97. The second kappa shape index (κ2) is 5.80. The number of nitrogen functional groups attached to an aromatic ring is 1. The van der Waals surface area contributed by atoms with Crippen LogP contribution in [0.2, 0.25) is 0 Å². The number of nitrogens with zero attached hydrogens (tertiary/aromatic N) is 4. The predicted octanol–water partition coefficient (Wildman–Crippen LogP) is 2.44. The van der Waals surface area contributed by atoms with Gasteiger partial charge in [-0.15, -0.1) is 0 Å². The van der Waals surface area contributed by atoms with Crippen molar-refractivity contribution in [3.05, 3.63) is 42.1 Å². The normalized spacial score (nSPS) is 15.3. The third-order valence-electron chi connectivity index (χ3n) is 4.30. The van der Waals surface area contributed by atoms with Gasteiger partial charge in [0.05, 0.1) is 5.56 Å². The van der Waals surface area contributed by atoms with E-state index in [0.717, 1.165) is 6.07 Å². The van der Waals surface area contributed by atoms with Crippen LogP contribution in [0.3, 0.4) is 0 Å². The van der Waals surface area contributed by atoms with E-state index >= 15 is 0 Å². The van der Waals surface area contributed by atoms with Crippen molar-refractivity contribution in [3.8, 4) is 11.1 Å². The lowest BCUT2D eigenvalue weighted by Gasteiger charge is -2.39. The molecule has 1 aliphatic heterocycles.